The summed E-state index contributed by atoms with van der Waals surface area (Å²) < 4.78 is 6.92. The maximum Gasteiger partial charge on any atom is 0.347 e. The quantitative estimate of drug-likeness (QED) is 0.628. The largest absolute Gasteiger partial charge is 0.459 e. The van der Waals surface area contributed by atoms with E-state index in [2.05, 4.69) is 13.5 Å². The van der Waals surface area contributed by atoms with Gasteiger partial charge in [-0.2, -0.15) is 0 Å². The summed E-state index contributed by atoms with van der Waals surface area (Å²) in [6.07, 6.45) is 3.67. The molecule has 2 unspecified atom stereocenters. The summed E-state index contributed by atoms with van der Waals surface area (Å²) in [5.41, 5.74) is 0.357. The maximum absolute atomic E-state index is 13.4. The second kappa shape index (κ2) is 7.77. The predicted octanol–water partition coefficient (Wildman–Crippen LogP) is 4.14. The standard InChI is InChI=1S/C25H30NO3/c1-19-17-23(18-20(2)26(19)15-9-10-16-26)29-24(27)25(28,21-11-5-3-6-12-21)22-13-7-4-8-14-22/h3-8,11-14,20,23,28H,1,9-10,15-18H2,2H3/q+1. The average molecular weight is 393 g/mol. The first kappa shape index (κ1) is 19.9. The molecule has 4 rings (SSSR count). The van der Waals surface area contributed by atoms with Crippen LogP contribution in [-0.2, 0) is 15.1 Å². The van der Waals surface area contributed by atoms with Crippen molar-refractivity contribution in [3.8, 4) is 0 Å². The van der Waals surface area contributed by atoms with Crippen molar-refractivity contribution in [3.63, 3.8) is 0 Å². The number of hydrogen-bond acceptors (Lipinski definition) is 3. The van der Waals surface area contributed by atoms with Crippen molar-refractivity contribution in [2.75, 3.05) is 13.1 Å². The molecule has 4 heteroatoms. The molecule has 2 aliphatic heterocycles. The molecule has 2 fully saturated rings. The summed E-state index contributed by atoms with van der Waals surface area (Å²) >= 11 is 0. The van der Waals surface area contributed by atoms with Crippen molar-refractivity contribution in [2.45, 2.75) is 50.4 Å². The van der Waals surface area contributed by atoms with Crippen LogP contribution in [0.5, 0.6) is 0 Å². The molecule has 0 radical (unpaired) electrons. The molecular formula is C25H30NO3+. The van der Waals surface area contributed by atoms with Gasteiger partial charge in [-0.1, -0.05) is 60.7 Å². The second-order valence-corrected chi connectivity index (χ2v) is 8.51. The lowest BCUT2D eigenvalue weighted by atomic mass is 9.86. The summed E-state index contributed by atoms with van der Waals surface area (Å²) in [5, 5.41) is 11.6. The monoisotopic (exact) mass is 392 g/mol. The Morgan fingerprint density at radius 3 is 2.03 bits per heavy atom. The van der Waals surface area contributed by atoms with E-state index in [1.807, 2.05) is 36.4 Å². The van der Waals surface area contributed by atoms with Gasteiger partial charge >= 0.3 is 5.97 Å². The molecule has 0 saturated carbocycles. The Balaban J connectivity index is 1.59. The predicted molar refractivity (Wildman–Crippen MR) is 113 cm³/mol. The van der Waals surface area contributed by atoms with Crippen LogP contribution in [0.3, 0.4) is 0 Å². The molecule has 29 heavy (non-hydrogen) atoms. The van der Waals surface area contributed by atoms with Gasteiger partial charge in [-0.25, -0.2) is 4.79 Å². The Morgan fingerprint density at radius 2 is 1.55 bits per heavy atom. The van der Waals surface area contributed by atoms with E-state index in [9.17, 15) is 9.90 Å². The highest BCUT2D eigenvalue weighted by atomic mass is 16.6. The minimum Gasteiger partial charge on any atom is -0.459 e. The van der Waals surface area contributed by atoms with Crippen LogP contribution < -0.4 is 0 Å². The van der Waals surface area contributed by atoms with E-state index in [-0.39, 0.29) is 6.10 Å². The molecule has 2 aromatic rings. The number of piperidine rings is 1. The SMILES string of the molecule is C=C1CC(OC(=O)C(O)(c2ccccc2)c2ccccc2)CC(C)[N+]12CCCC2. The number of benzene rings is 2. The zero-order chi connectivity index (χ0) is 20.5. The van der Waals surface area contributed by atoms with Gasteiger partial charge in [0.05, 0.1) is 25.6 Å². The van der Waals surface area contributed by atoms with Gasteiger partial charge in [0.2, 0.25) is 5.60 Å². The maximum atomic E-state index is 13.4. The zero-order valence-corrected chi connectivity index (χ0v) is 17.1. The van der Waals surface area contributed by atoms with E-state index in [1.165, 1.54) is 12.8 Å². The lowest BCUT2D eigenvalue weighted by Gasteiger charge is -2.46. The van der Waals surface area contributed by atoms with E-state index in [0.29, 0.717) is 23.6 Å². The van der Waals surface area contributed by atoms with Gasteiger partial charge in [-0.05, 0) is 24.6 Å². The Kier molecular flexibility index (Phi) is 5.32. The van der Waals surface area contributed by atoms with Crippen LogP contribution in [0, 0.1) is 0 Å². The number of rotatable bonds is 4. The van der Waals surface area contributed by atoms with E-state index in [1.54, 1.807) is 24.3 Å². The van der Waals surface area contributed by atoms with E-state index in [4.69, 9.17) is 4.74 Å². The molecule has 0 aromatic heterocycles. The molecule has 2 aliphatic rings. The fourth-order valence-corrected chi connectivity index (χ4v) is 5.17. The van der Waals surface area contributed by atoms with Gasteiger partial charge < -0.3 is 9.84 Å². The first-order valence-corrected chi connectivity index (χ1v) is 10.6. The molecule has 152 valence electrons. The Labute approximate surface area is 173 Å². The number of esters is 1. The highest BCUT2D eigenvalue weighted by Gasteiger charge is 2.48. The number of ether oxygens (including phenoxy) is 1. The summed E-state index contributed by atoms with van der Waals surface area (Å²) in [6, 6.07) is 18.5. The van der Waals surface area contributed by atoms with Crippen molar-refractivity contribution in [3.05, 3.63) is 84.1 Å². The van der Waals surface area contributed by atoms with Crippen LogP contribution in [-0.4, -0.2) is 40.8 Å². The molecule has 1 spiro atoms. The van der Waals surface area contributed by atoms with Crippen LogP contribution >= 0.6 is 0 Å². The van der Waals surface area contributed by atoms with Gasteiger partial charge in [-0.3, -0.25) is 4.48 Å². The number of nitrogens with zero attached hydrogens (tertiary/aromatic N) is 1. The average Bonchev–Trinajstić information content (AvgIpc) is 3.24. The molecule has 1 N–H and O–H groups in total. The van der Waals surface area contributed by atoms with Crippen molar-refractivity contribution < 1.29 is 19.1 Å². The Hall–Kier alpha value is -2.43. The van der Waals surface area contributed by atoms with Gasteiger partial charge in [0, 0.05) is 19.3 Å². The molecule has 4 nitrogen and oxygen atoms in total. The Bertz CT molecular complexity index is 832. The van der Waals surface area contributed by atoms with Crippen LogP contribution in [0.1, 0.15) is 43.7 Å². The number of quaternary nitrogens is 1. The Morgan fingerprint density at radius 1 is 1.03 bits per heavy atom. The molecular weight excluding hydrogens is 362 g/mol. The minimum atomic E-state index is -1.83. The molecule has 0 aliphatic carbocycles. The number of carbonyl (C=O) groups excluding carboxylic acids is 1. The van der Waals surface area contributed by atoms with E-state index < -0.39 is 11.6 Å². The van der Waals surface area contributed by atoms with E-state index >= 15 is 0 Å². The fourth-order valence-electron chi connectivity index (χ4n) is 5.17. The van der Waals surface area contributed by atoms with Gasteiger partial charge in [0.15, 0.2) is 0 Å². The fraction of sp³-hybridized carbons (Fsp3) is 0.400. The van der Waals surface area contributed by atoms with Gasteiger partial charge in [0.25, 0.3) is 0 Å². The third kappa shape index (κ3) is 3.41. The topological polar surface area (TPSA) is 46.5 Å². The number of carbonyl (C=O) groups is 1. The van der Waals surface area contributed by atoms with E-state index in [0.717, 1.165) is 29.7 Å². The molecule has 0 amide bonds. The second-order valence-electron chi connectivity index (χ2n) is 8.51. The molecule has 2 atom stereocenters. The summed E-state index contributed by atoms with van der Waals surface area (Å²) in [5.74, 6) is -0.616. The van der Waals surface area contributed by atoms with Crippen molar-refractivity contribution in [1.29, 1.82) is 0 Å². The highest BCUT2D eigenvalue weighted by Crippen LogP contribution is 2.40. The molecule has 0 bridgehead atoms. The van der Waals surface area contributed by atoms with Crippen LogP contribution in [0.4, 0.5) is 0 Å². The molecule has 2 heterocycles. The summed E-state index contributed by atoms with van der Waals surface area (Å²) in [4.78, 5) is 13.4. The van der Waals surface area contributed by atoms with Crippen LogP contribution in [0.2, 0.25) is 0 Å². The summed E-state index contributed by atoms with van der Waals surface area (Å²) in [7, 11) is 0. The first-order valence-electron chi connectivity index (χ1n) is 10.6. The lowest BCUT2D eigenvalue weighted by molar-refractivity contribution is -0.909. The molecule has 2 saturated heterocycles. The first-order chi connectivity index (χ1) is 14.0. The van der Waals surface area contributed by atoms with Crippen molar-refractivity contribution >= 4 is 5.97 Å². The lowest BCUT2D eigenvalue weighted by Crippen LogP contribution is -2.56. The van der Waals surface area contributed by atoms with Crippen LogP contribution in [0.15, 0.2) is 72.9 Å². The number of aliphatic hydroxyl groups is 1. The minimum absolute atomic E-state index is 0.256. The normalized spacial score (nSPS) is 23.9. The van der Waals surface area contributed by atoms with Gasteiger partial charge in [0.1, 0.15) is 11.8 Å². The van der Waals surface area contributed by atoms with Crippen molar-refractivity contribution in [2.24, 2.45) is 0 Å². The highest BCUT2D eigenvalue weighted by molar-refractivity contribution is 5.85. The smallest absolute Gasteiger partial charge is 0.347 e. The van der Waals surface area contributed by atoms with Gasteiger partial charge in [-0.15, -0.1) is 0 Å². The third-order valence-corrected chi connectivity index (χ3v) is 6.86. The summed E-state index contributed by atoms with van der Waals surface area (Å²) in [6.45, 7) is 8.86. The molecule has 2 aromatic carbocycles. The zero-order valence-electron chi connectivity index (χ0n) is 17.1. The van der Waals surface area contributed by atoms with Crippen molar-refractivity contribution in [1.82, 2.24) is 0 Å². The van der Waals surface area contributed by atoms with Crippen LogP contribution in [0.25, 0.3) is 0 Å². The number of hydrogen-bond donors (Lipinski definition) is 1. The third-order valence-electron chi connectivity index (χ3n) is 6.86.